The predicted octanol–water partition coefficient (Wildman–Crippen LogP) is -0.0665. The van der Waals surface area contributed by atoms with Crippen molar-refractivity contribution in [1.82, 2.24) is 9.03 Å². The molecular weight excluding hydrogens is 204 g/mol. The van der Waals surface area contributed by atoms with Gasteiger partial charge in [0.1, 0.15) is 0 Å². The van der Waals surface area contributed by atoms with Crippen molar-refractivity contribution in [3.63, 3.8) is 0 Å². The zero-order valence-corrected chi connectivity index (χ0v) is 9.84. The van der Waals surface area contributed by atoms with E-state index in [0.717, 1.165) is 6.42 Å². The minimum Gasteiger partial charge on any atom is -0.392 e. The molecule has 14 heavy (non-hydrogen) atoms. The van der Waals surface area contributed by atoms with E-state index < -0.39 is 16.3 Å². The summed E-state index contributed by atoms with van der Waals surface area (Å²) in [6.07, 6.45) is 0.852. The van der Waals surface area contributed by atoms with Crippen molar-refractivity contribution in [3.05, 3.63) is 0 Å². The quantitative estimate of drug-likeness (QED) is 0.636. The first kappa shape index (κ1) is 13.8. The standard InChI is InChI=1S/C8H20N2O3S/c1-4-6-8(11)7-9-14(12,13)10(3)5-2/h8-9,11H,4-7H2,1-3H3. The summed E-state index contributed by atoms with van der Waals surface area (Å²) in [5.74, 6) is 0. The second-order valence-electron chi connectivity index (χ2n) is 3.21. The van der Waals surface area contributed by atoms with E-state index >= 15 is 0 Å². The molecule has 86 valence electrons. The van der Waals surface area contributed by atoms with Crippen molar-refractivity contribution in [3.8, 4) is 0 Å². The minimum atomic E-state index is -3.40. The highest BCUT2D eigenvalue weighted by Gasteiger charge is 2.16. The molecule has 0 aliphatic rings. The van der Waals surface area contributed by atoms with E-state index in [2.05, 4.69) is 4.72 Å². The molecule has 0 aromatic heterocycles. The van der Waals surface area contributed by atoms with E-state index in [-0.39, 0.29) is 6.54 Å². The summed E-state index contributed by atoms with van der Waals surface area (Å²) in [4.78, 5) is 0. The van der Waals surface area contributed by atoms with E-state index in [1.807, 2.05) is 6.92 Å². The van der Waals surface area contributed by atoms with Crippen LogP contribution < -0.4 is 4.72 Å². The fraction of sp³-hybridized carbons (Fsp3) is 1.00. The Morgan fingerprint density at radius 3 is 2.43 bits per heavy atom. The van der Waals surface area contributed by atoms with Gasteiger partial charge in [-0.1, -0.05) is 20.3 Å². The lowest BCUT2D eigenvalue weighted by atomic mass is 10.2. The topological polar surface area (TPSA) is 69.6 Å². The van der Waals surface area contributed by atoms with Gasteiger partial charge in [0.15, 0.2) is 0 Å². The van der Waals surface area contributed by atoms with E-state index in [4.69, 9.17) is 0 Å². The van der Waals surface area contributed by atoms with Crippen molar-refractivity contribution >= 4 is 10.2 Å². The predicted molar refractivity (Wildman–Crippen MR) is 56.1 cm³/mol. The Labute approximate surface area is 86.3 Å². The molecule has 1 unspecified atom stereocenters. The van der Waals surface area contributed by atoms with Gasteiger partial charge in [-0.15, -0.1) is 0 Å². The third kappa shape index (κ3) is 4.90. The largest absolute Gasteiger partial charge is 0.392 e. The number of nitrogens with zero attached hydrogens (tertiary/aromatic N) is 1. The van der Waals surface area contributed by atoms with Crippen LogP contribution in [0.15, 0.2) is 0 Å². The number of hydrogen-bond donors (Lipinski definition) is 2. The molecule has 0 aromatic rings. The molecule has 0 aliphatic carbocycles. The van der Waals surface area contributed by atoms with Crippen molar-refractivity contribution in [2.45, 2.75) is 32.8 Å². The molecule has 0 spiro atoms. The van der Waals surface area contributed by atoms with Gasteiger partial charge in [-0.2, -0.15) is 17.4 Å². The summed E-state index contributed by atoms with van der Waals surface area (Å²) >= 11 is 0. The molecule has 0 fully saturated rings. The molecule has 0 radical (unpaired) electrons. The van der Waals surface area contributed by atoms with E-state index in [1.54, 1.807) is 6.92 Å². The maximum atomic E-state index is 11.4. The van der Waals surface area contributed by atoms with Crippen LogP contribution in [0, 0.1) is 0 Å². The fourth-order valence-electron chi connectivity index (χ4n) is 0.917. The minimum absolute atomic E-state index is 0.0838. The Morgan fingerprint density at radius 2 is 2.00 bits per heavy atom. The van der Waals surface area contributed by atoms with Gasteiger partial charge in [0.05, 0.1) is 6.10 Å². The van der Waals surface area contributed by atoms with Gasteiger partial charge in [0.2, 0.25) is 0 Å². The zero-order valence-electron chi connectivity index (χ0n) is 9.02. The van der Waals surface area contributed by atoms with Crippen LogP contribution in [0.3, 0.4) is 0 Å². The van der Waals surface area contributed by atoms with Crippen molar-refractivity contribution < 1.29 is 13.5 Å². The summed E-state index contributed by atoms with van der Waals surface area (Å²) in [6, 6.07) is 0. The molecule has 0 saturated heterocycles. The number of aliphatic hydroxyl groups is 1. The van der Waals surface area contributed by atoms with Gasteiger partial charge >= 0.3 is 0 Å². The van der Waals surface area contributed by atoms with Crippen LogP contribution in [0.1, 0.15) is 26.7 Å². The van der Waals surface area contributed by atoms with E-state index in [1.165, 1.54) is 11.4 Å². The second-order valence-corrected chi connectivity index (χ2v) is 5.07. The molecular formula is C8H20N2O3S. The van der Waals surface area contributed by atoms with Crippen molar-refractivity contribution in [2.75, 3.05) is 20.1 Å². The summed E-state index contributed by atoms with van der Waals surface area (Å²) in [6.45, 7) is 4.19. The lowest BCUT2D eigenvalue weighted by molar-refractivity contribution is 0.167. The lowest BCUT2D eigenvalue weighted by Gasteiger charge is -2.17. The highest BCUT2D eigenvalue weighted by atomic mass is 32.2. The first-order valence-corrected chi connectivity index (χ1v) is 6.27. The maximum absolute atomic E-state index is 11.4. The number of hydrogen-bond acceptors (Lipinski definition) is 3. The van der Waals surface area contributed by atoms with Gasteiger partial charge in [-0.05, 0) is 6.42 Å². The van der Waals surface area contributed by atoms with Crippen LogP contribution in [0.5, 0.6) is 0 Å². The Kier molecular flexibility index (Phi) is 6.26. The molecule has 0 saturated carbocycles. The maximum Gasteiger partial charge on any atom is 0.279 e. The molecule has 0 aliphatic heterocycles. The SMILES string of the molecule is CCCC(O)CNS(=O)(=O)N(C)CC. The Balaban J connectivity index is 4.00. The van der Waals surface area contributed by atoms with Crippen LogP contribution in [-0.4, -0.2) is 44.1 Å². The number of aliphatic hydroxyl groups excluding tert-OH is 1. The molecule has 0 bridgehead atoms. The van der Waals surface area contributed by atoms with Crippen LogP contribution in [0.25, 0.3) is 0 Å². The highest BCUT2D eigenvalue weighted by Crippen LogP contribution is 1.97. The summed E-state index contributed by atoms with van der Waals surface area (Å²) < 4.78 is 26.3. The Bertz CT molecular complexity index is 241. The smallest absolute Gasteiger partial charge is 0.279 e. The normalized spacial score (nSPS) is 14.6. The average Bonchev–Trinajstić information content (AvgIpc) is 2.14. The molecule has 5 nitrogen and oxygen atoms in total. The first-order valence-electron chi connectivity index (χ1n) is 4.83. The lowest BCUT2D eigenvalue weighted by Crippen LogP contribution is -2.41. The van der Waals surface area contributed by atoms with Gasteiger partial charge in [-0.3, -0.25) is 0 Å². The van der Waals surface area contributed by atoms with Gasteiger partial charge in [-0.25, -0.2) is 0 Å². The summed E-state index contributed by atoms with van der Waals surface area (Å²) in [5.41, 5.74) is 0. The fourth-order valence-corrected chi connectivity index (χ4v) is 1.88. The number of rotatable bonds is 7. The monoisotopic (exact) mass is 224 g/mol. The molecule has 2 N–H and O–H groups in total. The van der Waals surface area contributed by atoms with Gasteiger partial charge < -0.3 is 5.11 Å². The van der Waals surface area contributed by atoms with Crippen molar-refractivity contribution in [2.24, 2.45) is 0 Å². The van der Waals surface area contributed by atoms with E-state index in [0.29, 0.717) is 13.0 Å². The number of nitrogens with one attached hydrogen (secondary N) is 1. The third-order valence-electron chi connectivity index (χ3n) is 1.98. The first-order chi connectivity index (χ1) is 6.44. The summed E-state index contributed by atoms with van der Waals surface area (Å²) in [5, 5.41) is 9.32. The molecule has 0 amide bonds. The van der Waals surface area contributed by atoms with Gasteiger partial charge in [0, 0.05) is 20.1 Å². The molecule has 0 aromatic carbocycles. The van der Waals surface area contributed by atoms with Gasteiger partial charge in [0.25, 0.3) is 10.2 Å². The Hall–Kier alpha value is -0.170. The van der Waals surface area contributed by atoms with E-state index in [9.17, 15) is 13.5 Å². The van der Waals surface area contributed by atoms with Crippen LogP contribution >= 0.6 is 0 Å². The Morgan fingerprint density at radius 1 is 1.43 bits per heavy atom. The molecule has 1 atom stereocenters. The van der Waals surface area contributed by atoms with Crippen molar-refractivity contribution in [1.29, 1.82) is 0 Å². The molecule has 0 rings (SSSR count). The zero-order chi connectivity index (χ0) is 11.2. The van der Waals surface area contributed by atoms with Crippen LogP contribution in [-0.2, 0) is 10.2 Å². The third-order valence-corrected chi connectivity index (χ3v) is 3.59. The second kappa shape index (κ2) is 6.34. The highest BCUT2D eigenvalue weighted by molar-refractivity contribution is 7.87. The summed E-state index contributed by atoms with van der Waals surface area (Å²) in [7, 11) is -1.91. The molecule has 0 heterocycles. The average molecular weight is 224 g/mol. The van der Waals surface area contributed by atoms with Crippen LogP contribution in [0.2, 0.25) is 0 Å². The molecule has 6 heteroatoms. The van der Waals surface area contributed by atoms with Crippen LogP contribution in [0.4, 0.5) is 0 Å².